The van der Waals surface area contributed by atoms with Crippen LogP contribution in [0.15, 0.2) is 18.2 Å². The molecule has 1 saturated heterocycles. The number of nitrogens with zero attached hydrogens (tertiary/aromatic N) is 1. The average Bonchev–Trinajstić information content (AvgIpc) is 2.98. The van der Waals surface area contributed by atoms with Gasteiger partial charge in [-0.25, -0.2) is 0 Å². The van der Waals surface area contributed by atoms with Crippen LogP contribution in [-0.4, -0.2) is 43.2 Å². The first kappa shape index (κ1) is 15.6. The smallest absolute Gasteiger partial charge is 0.259 e. The van der Waals surface area contributed by atoms with E-state index in [-0.39, 0.29) is 12.0 Å². The Morgan fingerprint density at radius 3 is 2.90 bits per heavy atom. The van der Waals surface area contributed by atoms with Gasteiger partial charge >= 0.3 is 0 Å². The van der Waals surface area contributed by atoms with Crippen LogP contribution in [0.4, 0.5) is 5.69 Å². The molecular formula is C16H24N2O3. The molecule has 116 valence electrons. The molecule has 1 heterocycles. The number of anilines is 1. The molecule has 1 aromatic carbocycles. The monoisotopic (exact) mass is 292 g/mol. The van der Waals surface area contributed by atoms with Crippen LogP contribution in [0.5, 0.6) is 5.75 Å². The van der Waals surface area contributed by atoms with E-state index >= 15 is 0 Å². The second-order valence-electron chi connectivity index (χ2n) is 5.13. The number of ether oxygens (including phenoxy) is 2. The molecular weight excluding hydrogens is 268 g/mol. The van der Waals surface area contributed by atoms with Crippen molar-refractivity contribution < 1.29 is 14.3 Å². The number of likely N-dealkylation sites (N-methyl/N-ethyl adjacent to an activating group) is 1. The van der Waals surface area contributed by atoms with Gasteiger partial charge in [-0.2, -0.15) is 0 Å². The minimum atomic E-state index is -0.0884. The zero-order valence-corrected chi connectivity index (χ0v) is 12.8. The fourth-order valence-corrected chi connectivity index (χ4v) is 2.60. The van der Waals surface area contributed by atoms with Crippen molar-refractivity contribution in [2.45, 2.75) is 32.8 Å². The lowest BCUT2D eigenvalue weighted by atomic mass is 10.1. The number of nitrogen functional groups attached to an aromatic ring is 1. The number of nitrogens with two attached hydrogens (primary N) is 1. The molecule has 2 N–H and O–H groups in total. The summed E-state index contributed by atoms with van der Waals surface area (Å²) in [6, 6.07) is 5.32. The Kier molecular flexibility index (Phi) is 5.44. The van der Waals surface area contributed by atoms with Gasteiger partial charge < -0.3 is 20.1 Å². The van der Waals surface area contributed by atoms with E-state index in [0.29, 0.717) is 36.7 Å². The van der Waals surface area contributed by atoms with E-state index in [0.717, 1.165) is 19.4 Å². The van der Waals surface area contributed by atoms with Gasteiger partial charge in [-0.05, 0) is 38.8 Å². The summed E-state index contributed by atoms with van der Waals surface area (Å²) in [5, 5.41) is 0. The standard InChI is InChI=1S/C16H24N2O3/c1-3-18(11-12-7-6-10-21-12)16(19)15-13(17)8-5-9-14(15)20-4-2/h5,8-9,12H,3-4,6-7,10-11,17H2,1-2H3. The van der Waals surface area contributed by atoms with Crippen LogP contribution in [0.3, 0.4) is 0 Å². The summed E-state index contributed by atoms with van der Waals surface area (Å²) in [6.07, 6.45) is 2.20. The van der Waals surface area contributed by atoms with Crippen LogP contribution in [-0.2, 0) is 4.74 Å². The first-order valence-electron chi connectivity index (χ1n) is 7.59. The molecule has 0 radical (unpaired) electrons. The van der Waals surface area contributed by atoms with E-state index in [1.807, 2.05) is 13.8 Å². The maximum absolute atomic E-state index is 12.8. The number of rotatable bonds is 6. The predicted octanol–water partition coefficient (Wildman–Crippen LogP) is 2.31. The third-order valence-corrected chi connectivity index (χ3v) is 3.69. The van der Waals surface area contributed by atoms with E-state index in [4.69, 9.17) is 15.2 Å². The number of carbonyl (C=O) groups excluding carboxylic acids is 1. The quantitative estimate of drug-likeness (QED) is 0.817. The van der Waals surface area contributed by atoms with Crippen molar-refractivity contribution in [3.8, 4) is 5.75 Å². The summed E-state index contributed by atoms with van der Waals surface area (Å²) >= 11 is 0. The molecule has 1 aliphatic heterocycles. The van der Waals surface area contributed by atoms with Crippen LogP contribution >= 0.6 is 0 Å². The van der Waals surface area contributed by atoms with Crippen molar-refractivity contribution in [3.63, 3.8) is 0 Å². The minimum Gasteiger partial charge on any atom is -0.493 e. The zero-order chi connectivity index (χ0) is 15.2. The SMILES string of the molecule is CCOc1cccc(N)c1C(=O)N(CC)CC1CCCO1. The Bertz CT molecular complexity index is 484. The van der Waals surface area contributed by atoms with Crippen molar-refractivity contribution in [2.75, 3.05) is 32.0 Å². The van der Waals surface area contributed by atoms with E-state index in [2.05, 4.69) is 0 Å². The third kappa shape index (κ3) is 3.67. The topological polar surface area (TPSA) is 64.8 Å². The minimum absolute atomic E-state index is 0.0884. The van der Waals surface area contributed by atoms with Crippen LogP contribution in [0.1, 0.15) is 37.0 Å². The summed E-state index contributed by atoms with van der Waals surface area (Å²) in [4.78, 5) is 14.6. The molecule has 21 heavy (non-hydrogen) atoms. The Morgan fingerprint density at radius 2 is 2.29 bits per heavy atom. The molecule has 1 aliphatic rings. The summed E-state index contributed by atoms with van der Waals surface area (Å²) in [5.74, 6) is 0.461. The molecule has 1 amide bonds. The number of hydrogen-bond donors (Lipinski definition) is 1. The molecule has 0 spiro atoms. The van der Waals surface area contributed by atoms with Crippen molar-refractivity contribution in [3.05, 3.63) is 23.8 Å². The molecule has 1 aromatic rings. The Hall–Kier alpha value is -1.75. The number of hydrogen-bond acceptors (Lipinski definition) is 4. The number of benzene rings is 1. The third-order valence-electron chi connectivity index (χ3n) is 3.69. The Balaban J connectivity index is 2.20. The molecule has 5 heteroatoms. The summed E-state index contributed by atoms with van der Waals surface area (Å²) in [5.41, 5.74) is 6.91. The van der Waals surface area contributed by atoms with Crippen molar-refractivity contribution in [1.29, 1.82) is 0 Å². The fraction of sp³-hybridized carbons (Fsp3) is 0.562. The van der Waals surface area contributed by atoms with Crippen LogP contribution < -0.4 is 10.5 Å². The van der Waals surface area contributed by atoms with E-state index in [9.17, 15) is 4.79 Å². The van der Waals surface area contributed by atoms with E-state index in [1.54, 1.807) is 23.1 Å². The predicted molar refractivity (Wildman–Crippen MR) is 82.6 cm³/mol. The Labute approximate surface area is 126 Å². The molecule has 0 bridgehead atoms. The van der Waals surface area contributed by atoms with Gasteiger partial charge in [0.2, 0.25) is 0 Å². The lowest BCUT2D eigenvalue weighted by Gasteiger charge is -2.25. The molecule has 0 aromatic heterocycles. The van der Waals surface area contributed by atoms with Crippen LogP contribution in [0.2, 0.25) is 0 Å². The second-order valence-corrected chi connectivity index (χ2v) is 5.13. The molecule has 1 fully saturated rings. The van der Waals surface area contributed by atoms with Gasteiger partial charge in [0.25, 0.3) is 5.91 Å². The number of amides is 1. The first-order valence-corrected chi connectivity index (χ1v) is 7.59. The normalized spacial score (nSPS) is 17.7. The molecule has 1 atom stereocenters. The first-order chi connectivity index (χ1) is 10.2. The van der Waals surface area contributed by atoms with Gasteiger partial charge in [-0.1, -0.05) is 6.07 Å². The van der Waals surface area contributed by atoms with Gasteiger partial charge in [-0.3, -0.25) is 4.79 Å². The fourth-order valence-electron chi connectivity index (χ4n) is 2.60. The van der Waals surface area contributed by atoms with Crippen LogP contribution in [0.25, 0.3) is 0 Å². The van der Waals surface area contributed by atoms with Crippen LogP contribution in [0, 0.1) is 0 Å². The highest BCUT2D eigenvalue weighted by atomic mass is 16.5. The van der Waals surface area contributed by atoms with E-state index < -0.39 is 0 Å². The summed E-state index contributed by atoms with van der Waals surface area (Å²) in [7, 11) is 0. The molecule has 1 unspecified atom stereocenters. The lowest BCUT2D eigenvalue weighted by Crippen LogP contribution is -2.37. The maximum Gasteiger partial charge on any atom is 0.259 e. The molecule has 5 nitrogen and oxygen atoms in total. The molecule has 0 aliphatic carbocycles. The Morgan fingerprint density at radius 1 is 1.48 bits per heavy atom. The zero-order valence-electron chi connectivity index (χ0n) is 12.8. The highest BCUT2D eigenvalue weighted by Gasteiger charge is 2.25. The molecule has 2 rings (SSSR count). The highest BCUT2D eigenvalue weighted by Crippen LogP contribution is 2.26. The van der Waals surface area contributed by atoms with Gasteiger partial charge in [0, 0.05) is 25.4 Å². The van der Waals surface area contributed by atoms with Gasteiger partial charge in [0.05, 0.1) is 12.7 Å². The van der Waals surface area contributed by atoms with Gasteiger partial charge in [0.1, 0.15) is 11.3 Å². The number of carbonyl (C=O) groups is 1. The van der Waals surface area contributed by atoms with Crippen molar-refractivity contribution >= 4 is 11.6 Å². The van der Waals surface area contributed by atoms with Gasteiger partial charge in [0.15, 0.2) is 0 Å². The maximum atomic E-state index is 12.8. The second kappa shape index (κ2) is 7.31. The summed E-state index contributed by atoms with van der Waals surface area (Å²) < 4.78 is 11.2. The van der Waals surface area contributed by atoms with Crippen molar-refractivity contribution in [1.82, 2.24) is 4.90 Å². The van der Waals surface area contributed by atoms with Gasteiger partial charge in [-0.15, -0.1) is 0 Å². The van der Waals surface area contributed by atoms with E-state index in [1.165, 1.54) is 0 Å². The highest BCUT2D eigenvalue weighted by molar-refractivity contribution is 6.01. The molecule has 0 saturated carbocycles. The largest absolute Gasteiger partial charge is 0.493 e. The van der Waals surface area contributed by atoms with Crippen molar-refractivity contribution in [2.24, 2.45) is 0 Å². The summed E-state index contributed by atoms with van der Waals surface area (Å²) in [6.45, 7) is 6.37. The lowest BCUT2D eigenvalue weighted by molar-refractivity contribution is 0.0537. The average molecular weight is 292 g/mol.